The first-order chi connectivity index (χ1) is 5.88. The molecule has 0 heterocycles. The molecule has 1 unspecified atom stereocenters. The molecule has 0 bridgehead atoms. The second kappa shape index (κ2) is 7.44. The van der Waals surface area contributed by atoms with Gasteiger partial charge in [-0.1, -0.05) is 6.92 Å². The highest BCUT2D eigenvalue weighted by atomic mass is 32.2. The summed E-state index contributed by atoms with van der Waals surface area (Å²) in [5, 5.41) is -1.06. The molecule has 7 heteroatoms. The maximum atomic E-state index is 10.8. The molecule has 1 atom stereocenters. The van der Waals surface area contributed by atoms with E-state index in [-0.39, 0.29) is 36.1 Å². The highest BCUT2D eigenvalue weighted by Crippen LogP contribution is 2.00. The van der Waals surface area contributed by atoms with Crippen molar-refractivity contribution in [3.05, 3.63) is 0 Å². The van der Waals surface area contributed by atoms with Crippen molar-refractivity contribution in [1.29, 1.82) is 0 Å². The summed E-state index contributed by atoms with van der Waals surface area (Å²) in [6.07, 6.45) is 0.914. The first-order valence-electron chi connectivity index (χ1n) is 3.99. The van der Waals surface area contributed by atoms with Crippen molar-refractivity contribution in [3.8, 4) is 0 Å². The largest absolute Gasteiger partial charge is 0.464 e. The number of carbonyl (C=O) groups excluding carboxylic acids is 1. The van der Waals surface area contributed by atoms with Gasteiger partial charge in [-0.25, -0.2) is 0 Å². The van der Waals surface area contributed by atoms with Gasteiger partial charge in [-0.3, -0.25) is 9.35 Å². The van der Waals surface area contributed by atoms with Gasteiger partial charge >= 0.3 is 5.97 Å². The van der Waals surface area contributed by atoms with Crippen LogP contribution in [0.4, 0.5) is 0 Å². The van der Waals surface area contributed by atoms with E-state index in [2.05, 4.69) is 4.74 Å². The van der Waals surface area contributed by atoms with E-state index in [9.17, 15) is 13.2 Å². The van der Waals surface area contributed by atoms with Crippen LogP contribution in [-0.4, -0.2) is 53.8 Å². The average Bonchev–Trinajstić information content (AvgIpc) is 1.99. The van der Waals surface area contributed by atoms with Crippen molar-refractivity contribution in [2.75, 3.05) is 6.61 Å². The average molecular weight is 235 g/mol. The van der Waals surface area contributed by atoms with Gasteiger partial charge in [0.25, 0.3) is 10.1 Å². The molecule has 0 aliphatic rings. The number of esters is 1. The summed E-state index contributed by atoms with van der Waals surface area (Å²) < 4.78 is 34.0. The molecule has 0 aromatic heterocycles. The third kappa shape index (κ3) is 7.54. The maximum absolute atomic E-state index is 10.8. The topological polar surface area (TPSA) is 80.7 Å². The molecule has 1 N–H and O–H groups in total. The first-order valence-corrected chi connectivity index (χ1v) is 5.50. The van der Waals surface area contributed by atoms with Gasteiger partial charge in [-0.15, -0.1) is 0 Å². The Morgan fingerprint density at radius 1 is 1.50 bits per heavy atom. The van der Waals surface area contributed by atoms with Crippen LogP contribution in [0.15, 0.2) is 0 Å². The zero-order valence-corrected chi connectivity index (χ0v) is 10.6. The fraction of sp³-hybridized carbons (Fsp3) is 0.857. The quantitative estimate of drug-likeness (QED) is 0.418. The van der Waals surface area contributed by atoms with E-state index in [1.807, 2.05) is 6.92 Å². The molecule has 0 spiro atoms. The molecule has 80 valence electrons. The van der Waals surface area contributed by atoms with Crippen molar-refractivity contribution in [1.82, 2.24) is 0 Å². The molecule has 0 rings (SSSR count). The van der Waals surface area contributed by atoms with E-state index in [4.69, 9.17) is 4.55 Å². The molecule has 0 saturated heterocycles. The molecule has 0 aromatic carbocycles. The van der Waals surface area contributed by atoms with Gasteiger partial charge in [0.05, 0.1) is 0 Å². The molecule has 14 heavy (non-hydrogen) atoms. The fourth-order valence-electron chi connectivity index (χ4n) is 0.573. The summed E-state index contributed by atoms with van der Waals surface area (Å²) in [6.45, 7) is 2.79. The SMILES string of the molecule is CCCC(=O)OCC(C)S(=O)(=O)O.[Mg]. The van der Waals surface area contributed by atoms with Crippen LogP contribution >= 0.6 is 0 Å². The number of rotatable bonds is 5. The summed E-state index contributed by atoms with van der Waals surface area (Å²) in [6, 6.07) is 0. The zero-order valence-electron chi connectivity index (χ0n) is 8.39. The smallest absolute Gasteiger partial charge is 0.305 e. The normalized spacial score (nSPS) is 12.8. The molecule has 0 amide bonds. The van der Waals surface area contributed by atoms with Crippen LogP contribution in [0.25, 0.3) is 0 Å². The molecule has 0 saturated carbocycles. The van der Waals surface area contributed by atoms with Crippen LogP contribution in [0.1, 0.15) is 26.7 Å². The molecule has 2 radical (unpaired) electrons. The summed E-state index contributed by atoms with van der Waals surface area (Å²) in [5.74, 6) is -0.446. The van der Waals surface area contributed by atoms with Gasteiger partial charge in [-0.05, 0) is 13.3 Å². The minimum atomic E-state index is -4.09. The summed E-state index contributed by atoms with van der Waals surface area (Å²) in [4.78, 5) is 10.8. The predicted octanol–water partition coefficient (Wildman–Crippen LogP) is 0.225. The van der Waals surface area contributed by atoms with E-state index >= 15 is 0 Å². The maximum Gasteiger partial charge on any atom is 0.305 e. The lowest BCUT2D eigenvalue weighted by atomic mass is 10.3. The van der Waals surface area contributed by atoms with Crippen molar-refractivity contribution in [3.63, 3.8) is 0 Å². The Morgan fingerprint density at radius 3 is 2.36 bits per heavy atom. The van der Waals surface area contributed by atoms with Crippen LogP contribution < -0.4 is 0 Å². The molecule has 0 aliphatic carbocycles. The lowest BCUT2D eigenvalue weighted by Crippen LogP contribution is -2.24. The van der Waals surface area contributed by atoms with E-state index in [1.165, 1.54) is 6.92 Å². The molecule has 0 aromatic rings. The Labute approximate surface area is 100 Å². The number of carbonyl (C=O) groups is 1. The Morgan fingerprint density at radius 2 is 2.00 bits per heavy atom. The zero-order chi connectivity index (χ0) is 10.5. The van der Waals surface area contributed by atoms with Gasteiger partial charge in [0.15, 0.2) is 0 Å². The fourth-order valence-corrected chi connectivity index (χ4v) is 0.813. The lowest BCUT2D eigenvalue weighted by molar-refractivity contribution is -0.143. The summed E-state index contributed by atoms with van der Waals surface area (Å²) in [5.41, 5.74) is 0. The van der Waals surface area contributed by atoms with Crippen LogP contribution in [0, 0.1) is 0 Å². The van der Waals surface area contributed by atoms with E-state index < -0.39 is 21.3 Å². The van der Waals surface area contributed by atoms with Gasteiger partial charge in [0.2, 0.25) is 0 Å². The highest BCUT2D eigenvalue weighted by molar-refractivity contribution is 7.86. The number of hydrogen-bond acceptors (Lipinski definition) is 4. The Hall–Kier alpha value is 0.146. The Kier molecular flexibility index (Phi) is 8.81. The molecule has 5 nitrogen and oxygen atoms in total. The standard InChI is InChI=1S/C7H14O5S.Mg/c1-3-4-7(8)12-5-6(2)13(9,10)11;/h6H,3-5H2,1-2H3,(H,9,10,11);. The highest BCUT2D eigenvalue weighted by Gasteiger charge is 2.18. The van der Waals surface area contributed by atoms with Crippen LogP contribution in [-0.2, 0) is 19.6 Å². The van der Waals surface area contributed by atoms with Crippen molar-refractivity contribution >= 4 is 39.1 Å². The second-order valence-corrected chi connectivity index (χ2v) is 4.59. The van der Waals surface area contributed by atoms with E-state index in [0.29, 0.717) is 6.42 Å². The van der Waals surface area contributed by atoms with Crippen LogP contribution in [0.3, 0.4) is 0 Å². The minimum absolute atomic E-state index is 0. The Balaban J connectivity index is 0. The predicted molar refractivity (Wildman–Crippen MR) is 52.6 cm³/mol. The minimum Gasteiger partial charge on any atom is -0.464 e. The first kappa shape index (κ1) is 16.6. The molecular formula is C7H14MgO5S. The van der Waals surface area contributed by atoms with E-state index in [0.717, 1.165) is 0 Å². The summed E-state index contributed by atoms with van der Waals surface area (Å²) >= 11 is 0. The molecule has 0 aliphatic heterocycles. The van der Waals surface area contributed by atoms with Gasteiger partial charge in [0, 0.05) is 29.5 Å². The number of ether oxygens (including phenoxy) is 1. The van der Waals surface area contributed by atoms with Gasteiger partial charge in [0.1, 0.15) is 11.9 Å². The monoisotopic (exact) mass is 234 g/mol. The lowest BCUT2D eigenvalue weighted by Gasteiger charge is -2.08. The Bertz CT molecular complexity index is 261. The van der Waals surface area contributed by atoms with E-state index in [1.54, 1.807) is 0 Å². The van der Waals surface area contributed by atoms with Crippen LogP contribution in [0.2, 0.25) is 0 Å². The second-order valence-electron chi connectivity index (χ2n) is 2.76. The molecule has 0 fully saturated rings. The van der Waals surface area contributed by atoms with Crippen LogP contribution in [0.5, 0.6) is 0 Å². The van der Waals surface area contributed by atoms with Gasteiger partial charge in [-0.2, -0.15) is 8.42 Å². The van der Waals surface area contributed by atoms with Crippen molar-refractivity contribution < 1.29 is 22.5 Å². The van der Waals surface area contributed by atoms with Crippen molar-refractivity contribution in [2.45, 2.75) is 31.9 Å². The number of hydrogen-bond donors (Lipinski definition) is 1. The third-order valence-electron chi connectivity index (χ3n) is 1.44. The summed E-state index contributed by atoms with van der Waals surface area (Å²) in [7, 11) is -4.09. The van der Waals surface area contributed by atoms with Gasteiger partial charge < -0.3 is 4.74 Å². The van der Waals surface area contributed by atoms with Crippen molar-refractivity contribution in [2.24, 2.45) is 0 Å². The molecular weight excluding hydrogens is 220 g/mol. The third-order valence-corrected chi connectivity index (χ3v) is 2.59.